The quantitative estimate of drug-likeness (QED) is 0.722. The molecule has 3 aromatic rings. The van der Waals surface area contributed by atoms with Gasteiger partial charge in [-0.3, -0.25) is 14.0 Å². The summed E-state index contributed by atoms with van der Waals surface area (Å²) in [6.45, 7) is 3.84. The lowest BCUT2D eigenvalue weighted by atomic mass is 9.96. The summed E-state index contributed by atoms with van der Waals surface area (Å²) in [6, 6.07) is 1.79. The second kappa shape index (κ2) is 7.51. The highest BCUT2D eigenvalue weighted by Crippen LogP contribution is 2.18. The van der Waals surface area contributed by atoms with Crippen LogP contribution in [0.25, 0.3) is 4.96 Å². The van der Waals surface area contributed by atoms with E-state index in [-0.39, 0.29) is 18.2 Å². The van der Waals surface area contributed by atoms with E-state index in [1.54, 1.807) is 12.3 Å². The van der Waals surface area contributed by atoms with Gasteiger partial charge in [-0.15, -0.1) is 11.3 Å². The molecule has 2 amide bonds. The fourth-order valence-electron chi connectivity index (χ4n) is 3.31. The first-order valence-corrected chi connectivity index (χ1v) is 9.87. The lowest BCUT2D eigenvalue weighted by molar-refractivity contribution is -0.132. The summed E-state index contributed by atoms with van der Waals surface area (Å²) in [7, 11) is 0. The first kappa shape index (κ1) is 17.7. The molecule has 1 aliphatic heterocycles. The lowest BCUT2D eigenvalue weighted by Crippen LogP contribution is -2.42. The predicted molar refractivity (Wildman–Crippen MR) is 99.7 cm³/mol. The minimum absolute atomic E-state index is 0.0618. The maximum atomic E-state index is 12.4. The van der Waals surface area contributed by atoms with E-state index in [9.17, 15) is 9.59 Å². The Kier molecular flexibility index (Phi) is 4.93. The van der Waals surface area contributed by atoms with E-state index in [1.165, 1.54) is 11.3 Å². The number of nitrogens with one attached hydrogen (secondary N) is 1. The number of hydrogen-bond donors (Lipinski definition) is 1. The van der Waals surface area contributed by atoms with Crippen molar-refractivity contribution in [2.45, 2.75) is 26.2 Å². The van der Waals surface area contributed by atoms with Gasteiger partial charge in [0, 0.05) is 43.5 Å². The molecule has 0 radical (unpaired) electrons. The van der Waals surface area contributed by atoms with Crippen molar-refractivity contribution in [1.82, 2.24) is 24.8 Å². The van der Waals surface area contributed by atoms with Crippen LogP contribution >= 0.6 is 11.3 Å². The van der Waals surface area contributed by atoms with Crippen molar-refractivity contribution in [3.8, 4) is 0 Å². The number of carbonyl (C=O) groups is 2. The number of piperidine rings is 1. The number of aromatic nitrogens is 3. The number of carbonyl (C=O) groups excluding carboxylic acids is 2. The number of nitrogens with zero attached hydrogens (tertiary/aromatic N) is 4. The van der Waals surface area contributed by atoms with Crippen LogP contribution in [0, 0.1) is 12.8 Å². The van der Waals surface area contributed by atoms with E-state index < -0.39 is 0 Å². The summed E-state index contributed by atoms with van der Waals surface area (Å²) in [4.78, 5) is 31.6. The van der Waals surface area contributed by atoms with Gasteiger partial charge in [-0.1, -0.05) is 5.16 Å². The Hall–Kier alpha value is -2.68. The minimum atomic E-state index is -0.148. The number of amides is 2. The first-order chi connectivity index (χ1) is 13.1. The second-order valence-electron chi connectivity index (χ2n) is 6.86. The SMILES string of the molecule is Cc1cc(CC(=O)N2CCC(CNC(=O)c3cn4ccsc4n3)CC2)on1. The van der Waals surface area contributed by atoms with Gasteiger partial charge in [-0.05, 0) is 25.7 Å². The van der Waals surface area contributed by atoms with Crippen LogP contribution in [0.15, 0.2) is 28.4 Å². The Balaban J connectivity index is 1.22. The van der Waals surface area contributed by atoms with Gasteiger partial charge >= 0.3 is 0 Å². The average Bonchev–Trinajstić information content (AvgIpc) is 3.36. The van der Waals surface area contributed by atoms with E-state index in [1.807, 2.05) is 27.8 Å². The maximum absolute atomic E-state index is 12.4. The molecule has 0 aliphatic carbocycles. The molecule has 0 atom stereocenters. The molecule has 0 aromatic carbocycles. The molecule has 27 heavy (non-hydrogen) atoms. The van der Waals surface area contributed by atoms with Gasteiger partial charge in [-0.25, -0.2) is 4.98 Å². The Morgan fingerprint density at radius 1 is 1.37 bits per heavy atom. The van der Waals surface area contributed by atoms with Crippen molar-refractivity contribution >= 4 is 28.1 Å². The zero-order chi connectivity index (χ0) is 18.8. The molecule has 0 spiro atoms. The van der Waals surface area contributed by atoms with E-state index in [0.717, 1.165) is 23.5 Å². The molecule has 4 heterocycles. The molecule has 1 saturated heterocycles. The molecular weight excluding hydrogens is 366 g/mol. The van der Waals surface area contributed by atoms with Crippen molar-refractivity contribution in [2.75, 3.05) is 19.6 Å². The molecule has 3 aromatic heterocycles. The van der Waals surface area contributed by atoms with Crippen molar-refractivity contribution in [3.05, 3.63) is 41.0 Å². The second-order valence-corrected chi connectivity index (χ2v) is 7.74. The van der Waals surface area contributed by atoms with Gasteiger partial charge in [0.1, 0.15) is 11.5 Å². The largest absolute Gasteiger partial charge is 0.361 e. The smallest absolute Gasteiger partial charge is 0.271 e. The molecule has 4 rings (SSSR count). The third-order valence-corrected chi connectivity index (χ3v) is 5.62. The standard InChI is InChI=1S/C18H21N5O3S/c1-12-8-14(26-21-12)9-16(24)22-4-2-13(3-5-22)10-19-17(25)15-11-23-6-7-27-18(23)20-15/h6-8,11,13H,2-5,9-10H2,1H3,(H,19,25). The summed E-state index contributed by atoms with van der Waals surface area (Å²) in [5.74, 6) is 0.887. The number of likely N-dealkylation sites (tertiary alicyclic amines) is 1. The highest BCUT2D eigenvalue weighted by molar-refractivity contribution is 7.15. The summed E-state index contributed by atoms with van der Waals surface area (Å²) in [5.41, 5.74) is 1.22. The van der Waals surface area contributed by atoms with E-state index in [0.29, 0.717) is 37.0 Å². The number of hydrogen-bond acceptors (Lipinski definition) is 6. The van der Waals surface area contributed by atoms with Crippen molar-refractivity contribution < 1.29 is 14.1 Å². The van der Waals surface area contributed by atoms with Crippen LogP contribution < -0.4 is 5.32 Å². The average molecular weight is 387 g/mol. The van der Waals surface area contributed by atoms with E-state index >= 15 is 0 Å². The fraction of sp³-hybridized carbons (Fsp3) is 0.444. The van der Waals surface area contributed by atoms with Crippen molar-refractivity contribution in [3.63, 3.8) is 0 Å². The maximum Gasteiger partial charge on any atom is 0.271 e. The molecule has 0 bridgehead atoms. The molecule has 1 fully saturated rings. The zero-order valence-corrected chi connectivity index (χ0v) is 15.9. The number of rotatable bonds is 5. The first-order valence-electron chi connectivity index (χ1n) is 8.99. The molecule has 1 N–H and O–H groups in total. The molecular formula is C18H21N5O3S. The third-order valence-electron chi connectivity index (χ3n) is 4.85. The number of fused-ring (bicyclic) bond motifs is 1. The zero-order valence-electron chi connectivity index (χ0n) is 15.1. The van der Waals surface area contributed by atoms with Gasteiger partial charge in [-0.2, -0.15) is 0 Å². The summed E-state index contributed by atoms with van der Waals surface area (Å²) >= 11 is 1.50. The topological polar surface area (TPSA) is 92.7 Å². The Labute approximate surface area is 160 Å². The highest BCUT2D eigenvalue weighted by atomic mass is 32.1. The van der Waals surface area contributed by atoms with Gasteiger partial charge in [0.2, 0.25) is 5.91 Å². The lowest BCUT2D eigenvalue weighted by Gasteiger charge is -2.31. The highest BCUT2D eigenvalue weighted by Gasteiger charge is 2.24. The summed E-state index contributed by atoms with van der Waals surface area (Å²) in [5, 5.41) is 8.71. The Morgan fingerprint density at radius 2 is 2.19 bits per heavy atom. The molecule has 142 valence electrons. The number of imidazole rings is 1. The fourth-order valence-corrected chi connectivity index (χ4v) is 4.01. The molecule has 9 heteroatoms. The van der Waals surface area contributed by atoms with Crippen LogP contribution in [0.2, 0.25) is 0 Å². The Morgan fingerprint density at radius 3 is 2.89 bits per heavy atom. The Bertz CT molecular complexity index is 923. The van der Waals surface area contributed by atoms with Crippen molar-refractivity contribution in [1.29, 1.82) is 0 Å². The van der Waals surface area contributed by atoms with Gasteiger partial charge in [0.15, 0.2) is 4.96 Å². The summed E-state index contributed by atoms with van der Waals surface area (Å²) in [6.07, 6.45) is 5.63. The van der Waals surface area contributed by atoms with Crippen LogP contribution in [-0.4, -0.2) is 50.9 Å². The van der Waals surface area contributed by atoms with Crippen LogP contribution in [-0.2, 0) is 11.2 Å². The van der Waals surface area contributed by atoms with Gasteiger partial charge in [0.05, 0.1) is 12.1 Å². The number of aryl methyl sites for hydroxylation is 1. The van der Waals surface area contributed by atoms with Crippen LogP contribution in [0.5, 0.6) is 0 Å². The normalized spacial score (nSPS) is 15.4. The number of thiazole rings is 1. The third kappa shape index (κ3) is 4.02. The van der Waals surface area contributed by atoms with Gasteiger partial charge < -0.3 is 14.7 Å². The minimum Gasteiger partial charge on any atom is -0.361 e. The van der Waals surface area contributed by atoms with Gasteiger partial charge in [0.25, 0.3) is 5.91 Å². The molecule has 0 saturated carbocycles. The van der Waals surface area contributed by atoms with Crippen molar-refractivity contribution in [2.24, 2.45) is 5.92 Å². The monoisotopic (exact) mass is 387 g/mol. The molecule has 8 nitrogen and oxygen atoms in total. The van der Waals surface area contributed by atoms with Crippen LogP contribution in [0.1, 0.15) is 34.8 Å². The molecule has 0 unspecified atom stereocenters. The van der Waals surface area contributed by atoms with E-state index in [4.69, 9.17) is 4.52 Å². The summed E-state index contributed by atoms with van der Waals surface area (Å²) < 4.78 is 6.96. The van der Waals surface area contributed by atoms with Crippen LogP contribution in [0.4, 0.5) is 0 Å². The molecule has 1 aliphatic rings. The van der Waals surface area contributed by atoms with E-state index in [2.05, 4.69) is 15.5 Å². The van der Waals surface area contributed by atoms with Crippen LogP contribution in [0.3, 0.4) is 0 Å². The predicted octanol–water partition coefficient (Wildman–Crippen LogP) is 1.90.